The van der Waals surface area contributed by atoms with Crippen molar-refractivity contribution >= 4 is 17.8 Å². The van der Waals surface area contributed by atoms with Crippen molar-refractivity contribution < 1.29 is 14.3 Å². The Morgan fingerprint density at radius 1 is 1.20 bits per heavy atom. The van der Waals surface area contributed by atoms with E-state index in [9.17, 15) is 9.59 Å². The van der Waals surface area contributed by atoms with Crippen LogP contribution >= 0.6 is 0 Å². The lowest BCUT2D eigenvalue weighted by Crippen LogP contribution is -2.19. The summed E-state index contributed by atoms with van der Waals surface area (Å²) in [6, 6.07) is 3.74. The van der Waals surface area contributed by atoms with Gasteiger partial charge in [0, 0.05) is 18.2 Å². The second-order valence-electron chi connectivity index (χ2n) is 7.03. The first-order chi connectivity index (χ1) is 12.2. The third kappa shape index (κ3) is 4.44. The fourth-order valence-electron chi connectivity index (χ4n) is 3.93. The van der Waals surface area contributed by atoms with Gasteiger partial charge in [-0.25, -0.2) is 0 Å². The molecule has 0 atom stereocenters. The normalized spacial score (nSPS) is 23.4. The lowest BCUT2D eigenvalue weighted by Gasteiger charge is -2.31. The Morgan fingerprint density at radius 3 is 2.56 bits per heavy atom. The predicted molar refractivity (Wildman–Crippen MR) is 97.0 cm³/mol. The van der Waals surface area contributed by atoms with E-state index in [0.29, 0.717) is 23.8 Å². The van der Waals surface area contributed by atoms with Crippen molar-refractivity contribution in [2.45, 2.75) is 44.9 Å². The largest absolute Gasteiger partial charge is 0.469 e. The number of nitrogens with zero attached hydrogens (tertiary/aromatic N) is 1. The molecule has 0 bridgehead atoms. The Bertz CT molecular complexity index is 680. The summed E-state index contributed by atoms with van der Waals surface area (Å²) in [6.45, 7) is 0. The molecule has 3 rings (SSSR count). The van der Waals surface area contributed by atoms with E-state index in [1.165, 1.54) is 31.1 Å². The van der Waals surface area contributed by atoms with Gasteiger partial charge in [-0.3, -0.25) is 14.6 Å². The minimum Gasteiger partial charge on any atom is -0.469 e. The molecule has 0 spiro atoms. The SMILES string of the molecule is COC(=O)CC1CCC(C2=CC=C(c3ccc(C=O)cn3)CC2)CC1. The summed E-state index contributed by atoms with van der Waals surface area (Å²) in [7, 11) is 1.46. The van der Waals surface area contributed by atoms with Crippen LogP contribution in [0.25, 0.3) is 5.57 Å². The molecule has 132 valence electrons. The van der Waals surface area contributed by atoms with Gasteiger partial charge in [0.05, 0.1) is 12.8 Å². The highest BCUT2D eigenvalue weighted by Crippen LogP contribution is 2.39. The lowest BCUT2D eigenvalue weighted by atomic mass is 9.75. The first-order valence-electron chi connectivity index (χ1n) is 9.07. The third-order valence-electron chi connectivity index (χ3n) is 5.49. The molecule has 0 amide bonds. The van der Waals surface area contributed by atoms with Crippen molar-refractivity contribution in [3.8, 4) is 0 Å². The van der Waals surface area contributed by atoms with Gasteiger partial charge in [0.2, 0.25) is 0 Å². The van der Waals surface area contributed by atoms with Gasteiger partial charge in [-0.15, -0.1) is 0 Å². The summed E-state index contributed by atoms with van der Waals surface area (Å²) in [5.41, 5.74) is 4.34. The first kappa shape index (κ1) is 17.6. The zero-order chi connectivity index (χ0) is 17.6. The molecule has 0 radical (unpaired) electrons. The van der Waals surface area contributed by atoms with E-state index in [0.717, 1.165) is 37.7 Å². The number of aromatic nitrogens is 1. The number of rotatable bonds is 5. The van der Waals surface area contributed by atoms with Crippen LogP contribution in [0, 0.1) is 11.8 Å². The van der Waals surface area contributed by atoms with Gasteiger partial charge in [0.25, 0.3) is 0 Å². The van der Waals surface area contributed by atoms with E-state index >= 15 is 0 Å². The second kappa shape index (κ2) is 8.24. The van der Waals surface area contributed by atoms with E-state index in [-0.39, 0.29) is 5.97 Å². The summed E-state index contributed by atoms with van der Waals surface area (Å²) < 4.78 is 4.78. The number of carbonyl (C=O) groups excluding carboxylic acids is 2. The van der Waals surface area contributed by atoms with Crippen LogP contribution in [-0.4, -0.2) is 24.3 Å². The molecule has 1 aromatic heterocycles. The van der Waals surface area contributed by atoms with Crippen LogP contribution in [0.2, 0.25) is 0 Å². The van der Waals surface area contributed by atoms with E-state index < -0.39 is 0 Å². The van der Waals surface area contributed by atoms with Crippen molar-refractivity contribution in [2.75, 3.05) is 7.11 Å². The van der Waals surface area contributed by atoms with Crippen LogP contribution in [-0.2, 0) is 9.53 Å². The van der Waals surface area contributed by atoms with Crippen molar-refractivity contribution in [1.82, 2.24) is 4.98 Å². The fraction of sp³-hybridized carbons (Fsp3) is 0.476. The van der Waals surface area contributed by atoms with Crippen LogP contribution < -0.4 is 0 Å². The molecule has 0 unspecified atom stereocenters. The highest BCUT2D eigenvalue weighted by molar-refractivity contribution is 5.75. The summed E-state index contributed by atoms with van der Waals surface area (Å²) in [6.07, 6.45) is 14.1. The Balaban J connectivity index is 1.58. The number of esters is 1. The predicted octanol–water partition coefficient (Wildman–Crippen LogP) is 4.37. The molecule has 1 aromatic rings. The number of aldehydes is 1. The van der Waals surface area contributed by atoms with Crippen molar-refractivity contribution in [1.29, 1.82) is 0 Å². The van der Waals surface area contributed by atoms with Crippen LogP contribution in [0.4, 0.5) is 0 Å². The number of hydrogen-bond donors (Lipinski definition) is 0. The average Bonchev–Trinajstić information content (AvgIpc) is 2.69. The molecule has 25 heavy (non-hydrogen) atoms. The first-order valence-corrected chi connectivity index (χ1v) is 9.07. The summed E-state index contributed by atoms with van der Waals surface area (Å²) in [4.78, 5) is 26.5. The molecule has 0 N–H and O–H groups in total. The summed E-state index contributed by atoms with van der Waals surface area (Å²) >= 11 is 0. The van der Waals surface area contributed by atoms with Crippen LogP contribution in [0.3, 0.4) is 0 Å². The molecule has 4 nitrogen and oxygen atoms in total. The molecule has 0 aliphatic heterocycles. The van der Waals surface area contributed by atoms with Crippen LogP contribution in [0.1, 0.15) is 61.0 Å². The summed E-state index contributed by atoms with van der Waals surface area (Å²) in [5, 5.41) is 0. The van der Waals surface area contributed by atoms with E-state index in [2.05, 4.69) is 17.1 Å². The summed E-state index contributed by atoms with van der Waals surface area (Å²) in [5.74, 6) is 1.05. The third-order valence-corrected chi connectivity index (χ3v) is 5.49. The topological polar surface area (TPSA) is 56.3 Å². The van der Waals surface area contributed by atoms with Gasteiger partial charge in [0.1, 0.15) is 0 Å². The molecular weight excluding hydrogens is 314 g/mol. The number of ether oxygens (including phenoxy) is 1. The Hall–Kier alpha value is -2.23. The van der Waals surface area contributed by atoms with E-state index in [1.807, 2.05) is 12.1 Å². The van der Waals surface area contributed by atoms with Crippen LogP contribution in [0.5, 0.6) is 0 Å². The van der Waals surface area contributed by atoms with Gasteiger partial charge in [0.15, 0.2) is 6.29 Å². The van der Waals surface area contributed by atoms with Gasteiger partial charge in [-0.05, 0) is 68.1 Å². The number of pyridine rings is 1. The standard InChI is InChI=1S/C21H25NO3/c1-25-21(24)12-15-2-5-17(6-3-15)18-7-9-19(10-8-18)20-11-4-16(14-23)13-22-20/h4,7,9,11,13-15,17H,2-3,5-6,8,10,12H2,1H3. The maximum atomic E-state index is 11.4. The number of methoxy groups -OCH3 is 1. The zero-order valence-corrected chi connectivity index (χ0v) is 14.7. The molecule has 0 saturated heterocycles. The van der Waals surface area contributed by atoms with Gasteiger partial charge < -0.3 is 4.74 Å². The molecule has 0 aromatic carbocycles. The second-order valence-corrected chi connectivity index (χ2v) is 7.03. The Morgan fingerprint density at radius 2 is 2.00 bits per heavy atom. The molecule has 1 heterocycles. The number of allylic oxidation sites excluding steroid dienone is 4. The highest BCUT2D eigenvalue weighted by atomic mass is 16.5. The van der Waals surface area contributed by atoms with Crippen LogP contribution in [0.15, 0.2) is 36.1 Å². The van der Waals surface area contributed by atoms with Gasteiger partial charge in [-0.1, -0.05) is 17.7 Å². The molecule has 1 saturated carbocycles. The quantitative estimate of drug-likeness (QED) is 0.590. The van der Waals surface area contributed by atoms with E-state index in [1.54, 1.807) is 6.20 Å². The zero-order valence-electron chi connectivity index (χ0n) is 14.7. The van der Waals surface area contributed by atoms with Gasteiger partial charge in [-0.2, -0.15) is 0 Å². The molecular formula is C21H25NO3. The molecule has 2 aliphatic rings. The average molecular weight is 339 g/mol. The number of hydrogen-bond acceptors (Lipinski definition) is 4. The minimum absolute atomic E-state index is 0.0824. The van der Waals surface area contributed by atoms with Crippen molar-refractivity contribution in [3.05, 3.63) is 47.3 Å². The Labute approximate surface area is 149 Å². The minimum atomic E-state index is -0.0824. The van der Waals surface area contributed by atoms with E-state index in [4.69, 9.17) is 4.74 Å². The van der Waals surface area contributed by atoms with Crippen molar-refractivity contribution in [3.63, 3.8) is 0 Å². The highest BCUT2D eigenvalue weighted by Gasteiger charge is 2.26. The maximum absolute atomic E-state index is 11.4. The molecule has 4 heteroatoms. The molecule has 2 aliphatic carbocycles. The lowest BCUT2D eigenvalue weighted by molar-refractivity contribution is -0.142. The smallest absolute Gasteiger partial charge is 0.305 e. The maximum Gasteiger partial charge on any atom is 0.305 e. The Kier molecular flexibility index (Phi) is 5.79. The monoisotopic (exact) mass is 339 g/mol. The molecule has 1 fully saturated rings. The van der Waals surface area contributed by atoms with Crippen molar-refractivity contribution in [2.24, 2.45) is 11.8 Å². The fourth-order valence-corrected chi connectivity index (χ4v) is 3.93. The number of carbonyl (C=O) groups is 2. The van der Waals surface area contributed by atoms with Gasteiger partial charge >= 0.3 is 5.97 Å².